The van der Waals surface area contributed by atoms with E-state index in [9.17, 15) is 0 Å². The second-order valence-corrected chi connectivity index (χ2v) is 6.84. The maximum Gasteiger partial charge on any atom is 0.161 e. The summed E-state index contributed by atoms with van der Waals surface area (Å²) < 4.78 is 5.39. The number of rotatable bonds is 3. The van der Waals surface area contributed by atoms with Crippen molar-refractivity contribution in [2.75, 3.05) is 42.3 Å². The van der Waals surface area contributed by atoms with Gasteiger partial charge < -0.3 is 15.0 Å². The number of aliphatic imine (C=N–C) groups is 1. The van der Waals surface area contributed by atoms with Crippen LogP contribution in [0.25, 0.3) is 0 Å². The largest absolute Gasteiger partial charge is 0.378 e. The Morgan fingerprint density at radius 2 is 1.95 bits per heavy atom. The van der Waals surface area contributed by atoms with Crippen LogP contribution in [0.5, 0.6) is 0 Å². The van der Waals surface area contributed by atoms with Gasteiger partial charge in [0, 0.05) is 30.2 Å². The highest BCUT2D eigenvalue weighted by atomic mass is 32.2. The van der Waals surface area contributed by atoms with Crippen LogP contribution in [0.4, 0.5) is 11.4 Å². The zero-order chi connectivity index (χ0) is 14.7. The number of amidine groups is 1. The second kappa shape index (κ2) is 6.71. The van der Waals surface area contributed by atoms with Crippen molar-refractivity contribution in [1.29, 1.82) is 0 Å². The lowest BCUT2D eigenvalue weighted by atomic mass is 10.1. The third kappa shape index (κ3) is 3.71. The molecule has 2 aliphatic heterocycles. The van der Waals surface area contributed by atoms with Crippen molar-refractivity contribution in [2.45, 2.75) is 19.9 Å². The van der Waals surface area contributed by atoms with Gasteiger partial charge in [0.1, 0.15) is 0 Å². The van der Waals surface area contributed by atoms with Gasteiger partial charge in [-0.3, -0.25) is 4.99 Å². The molecule has 1 aromatic carbocycles. The predicted molar refractivity (Wildman–Crippen MR) is 91.6 cm³/mol. The summed E-state index contributed by atoms with van der Waals surface area (Å²) in [6.45, 7) is 8.06. The second-order valence-electron chi connectivity index (χ2n) is 5.83. The number of nitrogens with one attached hydrogen (secondary N) is 1. The molecular formula is C16H23N3OS. The fraction of sp³-hybridized carbons (Fsp3) is 0.562. The topological polar surface area (TPSA) is 36.9 Å². The van der Waals surface area contributed by atoms with Gasteiger partial charge in [-0.2, -0.15) is 0 Å². The number of morpholine rings is 1. The Hall–Kier alpha value is -1.20. The summed E-state index contributed by atoms with van der Waals surface area (Å²) in [6.07, 6.45) is 0. The zero-order valence-electron chi connectivity index (χ0n) is 12.7. The van der Waals surface area contributed by atoms with E-state index in [1.807, 2.05) is 11.8 Å². The number of thioether (sulfide) groups is 1. The minimum atomic E-state index is 0.449. The Bertz CT molecular complexity index is 495. The van der Waals surface area contributed by atoms with Crippen LogP contribution in [0.15, 0.2) is 29.3 Å². The summed E-state index contributed by atoms with van der Waals surface area (Å²) in [5.74, 6) is 1.70. The van der Waals surface area contributed by atoms with Gasteiger partial charge in [-0.15, -0.1) is 0 Å². The molecule has 2 heterocycles. The van der Waals surface area contributed by atoms with Crippen molar-refractivity contribution in [3.63, 3.8) is 0 Å². The fourth-order valence-corrected chi connectivity index (χ4v) is 3.69. The third-order valence-corrected chi connectivity index (χ3v) is 4.93. The zero-order valence-corrected chi connectivity index (χ0v) is 13.5. The van der Waals surface area contributed by atoms with Crippen LogP contribution in [0.3, 0.4) is 0 Å². The van der Waals surface area contributed by atoms with Crippen LogP contribution < -0.4 is 10.2 Å². The van der Waals surface area contributed by atoms with Crippen LogP contribution in [-0.2, 0) is 4.74 Å². The van der Waals surface area contributed by atoms with E-state index < -0.39 is 0 Å². The number of hydrogen-bond acceptors (Lipinski definition) is 5. The number of hydrogen-bond donors (Lipinski definition) is 1. The molecule has 3 rings (SSSR count). The molecule has 1 fully saturated rings. The molecule has 1 aromatic rings. The standard InChI is InChI=1S/C16H23N3OS/c1-12(2)15-11-21-16(18-15)17-13-3-5-14(6-4-13)19-7-9-20-10-8-19/h3-6,12,15H,7-11H2,1-2H3,(H,17,18)/t15-/m1/s1. The summed E-state index contributed by atoms with van der Waals surface area (Å²) in [5.41, 5.74) is 2.38. The van der Waals surface area contributed by atoms with Crippen molar-refractivity contribution in [1.82, 2.24) is 0 Å². The molecule has 0 amide bonds. The molecule has 0 unspecified atom stereocenters. The molecule has 1 N–H and O–H groups in total. The van der Waals surface area contributed by atoms with Gasteiger partial charge in [0.05, 0.1) is 19.3 Å². The van der Waals surface area contributed by atoms with Crippen LogP contribution >= 0.6 is 11.8 Å². The molecule has 5 heteroatoms. The number of ether oxygens (including phenoxy) is 1. The lowest BCUT2D eigenvalue weighted by Crippen LogP contribution is -2.36. The SMILES string of the molecule is CC(C)[C@H]1CSC(Nc2ccc(N3CCOCC3)cc2)=N1. The monoisotopic (exact) mass is 305 g/mol. The average molecular weight is 305 g/mol. The first kappa shape index (κ1) is 14.7. The van der Waals surface area contributed by atoms with Gasteiger partial charge in [-0.05, 0) is 30.2 Å². The molecule has 114 valence electrons. The Morgan fingerprint density at radius 1 is 1.24 bits per heavy atom. The molecule has 0 saturated carbocycles. The number of nitrogens with zero attached hydrogens (tertiary/aromatic N) is 2. The number of anilines is 2. The first-order valence-corrected chi connectivity index (χ1v) is 8.61. The van der Waals surface area contributed by atoms with Crippen LogP contribution in [0.2, 0.25) is 0 Å². The van der Waals surface area contributed by atoms with Crippen molar-refractivity contribution in [3.8, 4) is 0 Å². The molecule has 1 atom stereocenters. The quantitative estimate of drug-likeness (QED) is 0.931. The summed E-state index contributed by atoms with van der Waals surface area (Å²) in [7, 11) is 0. The highest BCUT2D eigenvalue weighted by Crippen LogP contribution is 2.25. The summed E-state index contributed by atoms with van der Waals surface area (Å²) >= 11 is 1.82. The Kier molecular flexibility index (Phi) is 4.70. The maximum absolute atomic E-state index is 5.39. The molecule has 1 saturated heterocycles. The minimum absolute atomic E-state index is 0.449. The third-order valence-electron chi connectivity index (χ3n) is 3.94. The van der Waals surface area contributed by atoms with E-state index in [0.29, 0.717) is 12.0 Å². The van der Waals surface area contributed by atoms with Crippen molar-refractivity contribution in [3.05, 3.63) is 24.3 Å². The average Bonchev–Trinajstić information content (AvgIpc) is 2.98. The molecule has 0 aromatic heterocycles. The Morgan fingerprint density at radius 3 is 2.57 bits per heavy atom. The van der Waals surface area contributed by atoms with Gasteiger partial charge >= 0.3 is 0 Å². The van der Waals surface area contributed by atoms with Gasteiger partial charge in [-0.25, -0.2) is 0 Å². The predicted octanol–water partition coefficient (Wildman–Crippen LogP) is 3.06. The molecule has 2 aliphatic rings. The van der Waals surface area contributed by atoms with Crippen LogP contribution in [-0.4, -0.2) is 43.3 Å². The minimum Gasteiger partial charge on any atom is -0.378 e. The smallest absolute Gasteiger partial charge is 0.161 e. The molecule has 0 spiro atoms. The lowest BCUT2D eigenvalue weighted by Gasteiger charge is -2.28. The van der Waals surface area contributed by atoms with E-state index in [0.717, 1.165) is 42.9 Å². The summed E-state index contributed by atoms with van der Waals surface area (Å²) in [6, 6.07) is 9.07. The van der Waals surface area contributed by atoms with Crippen LogP contribution in [0.1, 0.15) is 13.8 Å². The van der Waals surface area contributed by atoms with Crippen molar-refractivity contribution < 1.29 is 4.74 Å². The van der Waals surface area contributed by atoms with Crippen molar-refractivity contribution >= 4 is 28.3 Å². The summed E-state index contributed by atoms with van der Waals surface area (Å²) in [4.78, 5) is 7.10. The molecular weight excluding hydrogens is 282 g/mol. The number of benzene rings is 1. The van der Waals surface area contributed by atoms with E-state index in [1.165, 1.54) is 5.69 Å². The highest BCUT2D eigenvalue weighted by molar-refractivity contribution is 8.14. The normalized spacial score (nSPS) is 22.5. The van der Waals surface area contributed by atoms with E-state index in [4.69, 9.17) is 9.73 Å². The fourth-order valence-electron chi connectivity index (χ4n) is 2.50. The molecule has 0 radical (unpaired) electrons. The Labute approximate surface area is 131 Å². The lowest BCUT2D eigenvalue weighted by molar-refractivity contribution is 0.122. The van der Waals surface area contributed by atoms with E-state index in [2.05, 4.69) is 48.3 Å². The molecule has 0 bridgehead atoms. The van der Waals surface area contributed by atoms with Gasteiger partial charge in [0.25, 0.3) is 0 Å². The molecule has 21 heavy (non-hydrogen) atoms. The van der Waals surface area contributed by atoms with Gasteiger partial charge in [-0.1, -0.05) is 25.6 Å². The molecule has 4 nitrogen and oxygen atoms in total. The highest BCUT2D eigenvalue weighted by Gasteiger charge is 2.21. The Balaban J connectivity index is 1.61. The van der Waals surface area contributed by atoms with E-state index >= 15 is 0 Å². The first-order valence-electron chi connectivity index (χ1n) is 7.63. The van der Waals surface area contributed by atoms with E-state index in [1.54, 1.807) is 0 Å². The van der Waals surface area contributed by atoms with Gasteiger partial charge in [0.15, 0.2) is 5.17 Å². The van der Waals surface area contributed by atoms with Crippen LogP contribution in [0, 0.1) is 5.92 Å². The van der Waals surface area contributed by atoms with Crippen molar-refractivity contribution in [2.24, 2.45) is 10.9 Å². The van der Waals surface area contributed by atoms with E-state index in [-0.39, 0.29) is 0 Å². The first-order chi connectivity index (χ1) is 10.2. The maximum atomic E-state index is 5.39. The van der Waals surface area contributed by atoms with Gasteiger partial charge in [0.2, 0.25) is 0 Å². The molecule has 0 aliphatic carbocycles. The summed E-state index contributed by atoms with van der Waals surface area (Å²) in [5, 5.41) is 4.47.